The summed E-state index contributed by atoms with van der Waals surface area (Å²) in [7, 11) is -3.23. The van der Waals surface area contributed by atoms with E-state index in [1.54, 1.807) is 6.07 Å². The average Bonchev–Trinajstić information content (AvgIpc) is 2.63. The van der Waals surface area contributed by atoms with Gasteiger partial charge in [0.15, 0.2) is 15.7 Å². The van der Waals surface area contributed by atoms with Gasteiger partial charge in [-0.05, 0) is 12.1 Å². The molecule has 0 fully saturated rings. The molecule has 0 radical (unpaired) electrons. The quantitative estimate of drug-likeness (QED) is 0.781. The maximum atomic E-state index is 11.1. The maximum absolute atomic E-state index is 11.1. The zero-order valence-corrected chi connectivity index (χ0v) is 10.3. The molecule has 2 rings (SSSR count). The third-order valence-corrected chi connectivity index (χ3v) is 2.89. The van der Waals surface area contributed by atoms with Crippen LogP contribution in [0.25, 0.3) is 11.5 Å². The normalized spacial score (nSPS) is 11.6. The smallest absolute Gasteiger partial charge is 0.261 e. The van der Waals surface area contributed by atoms with E-state index < -0.39 is 9.84 Å². The highest BCUT2D eigenvalue weighted by Gasteiger charge is 2.15. The molecule has 2 aromatic rings. The van der Waals surface area contributed by atoms with Gasteiger partial charge in [-0.3, -0.25) is 0 Å². The fourth-order valence-corrected chi connectivity index (χ4v) is 1.97. The van der Waals surface area contributed by atoms with Crippen molar-refractivity contribution in [1.29, 1.82) is 0 Å². The third-order valence-electron chi connectivity index (χ3n) is 2.11. The Labute approximate surface area is 103 Å². The highest BCUT2D eigenvalue weighted by Crippen LogP contribution is 2.29. The first-order valence-corrected chi connectivity index (χ1v) is 7.00. The Morgan fingerprint density at radius 1 is 1.44 bits per heavy atom. The van der Waals surface area contributed by atoms with Crippen molar-refractivity contribution in [3.8, 4) is 17.2 Å². The molecule has 0 spiro atoms. The second kappa shape index (κ2) is 4.30. The number of aromatic nitrogens is 2. The van der Waals surface area contributed by atoms with Crippen LogP contribution in [0.3, 0.4) is 0 Å². The summed E-state index contributed by atoms with van der Waals surface area (Å²) in [5, 5.41) is 13.2. The summed E-state index contributed by atoms with van der Waals surface area (Å²) in [5.74, 6) is -0.328. The van der Waals surface area contributed by atoms with Crippen LogP contribution in [0, 0.1) is 0 Å². The lowest BCUT2D eigenvalue weighted by molar-refractivity contribution is 0.419. The number of benzene rings is 1. The first-order valence-electron chi connectivity index (χ1n) is 4.94. The Hall–Kier alpha value is -2.09. The zero-order chi connectivity index (χ0) is 13.3. The molecule has 1 heterocycles. The van der Waals surface area contributed by atoms with Gasteiger partial charge in [0, 0.05) is 18.0 Å². The second-order valence-corrected chi connectivity index (χ2v) is 6.00. The van der Waals surface area contributed by atoms with Gasteiger partial charge in [0.2, 0.25) is 0 Å². The van der Waals surface area contributed by atoms with Crippen molar-refractivity contribution < 1.29 is 18.0 Å². The predicted molar refractivity (Wildman–Crippen MR) is 64.4 cm³/mol. The van der Waals surface area contributed by atoms with E-state index in [-0.39, 0.29) is 23.2 Å². The molecule has 0 saturated heterocycles. The SMILES string of the molecule is CS(=O)(=O)Cc1noc(-c2ccc(N)cc2O)n1. The van der Waals surface area contributed by atoms with Crippen molar-refractivity contribution in [2.75, 3.05) is 12.0 Å². The molecule has 0 amide bonds. The third kappa shape index (κ3) is 2.77. The molecule has 0 atom stereocenters. The van der Waals surface area contributed by atoms with E-state index in [0.717, 1.165) is 6.26 Å². The average molecular weight is 269 g/mol. The van der Waals surface area contributed by atoms with Gasteiger partial charge >= 0.3 is 0 Å². The molecule has 1 aromatic heterocycles. The van der Waals surface area contributed by atoms with Gasteiger partial charge in [0.25, 0.3) is 5.89 Å². The number of sulfone groups is 1. The number of aromatic hydroxyl groups is 1. The van der Waals surface area contributed by atoms with Gasteiger partial charge in [0.05, 0.1) is 5.56 Å². The van der Waals surface area contributed by atoms with Crippen LogP contribution in [-0.2, 0) is 15.6 Å². The highest BCUT2D eigenvalue weighted by atomic mass is 32.2. The summed E-state index contributed by atoms with van der Waals surface area (Å²) in [6, 6.07) is 4.42. The van der Waals surface area contributed by atoms with Crippen molar-refractivity contribution in [3.63, 3.8) is 0 Å². The maximum Gasteiger partial charge on any atom is 0.261 e. The summed E-state index contributed by atoms with van der Waals surface area (Å²) in [4.78, 5) is 3.90. The first kappa shape index (κ1) is 12.4. The van der Waals surface area contributed by atoms with Crippen LogP contribution in [0.1, 0.15) is 5.82 Å². The van der Waals surface area contributed by atoms with Gasteiger partial charge in [-0.2, -0.15) is 4.98 Å². The topological polar surface area (TPSA) is 119 Å². The molecule has 3 N–H and O–H groups in total. The van der Waals surface area contributed by atoms with Crippen molar-refractivity contribution >= 4 is 15.5 Å². The minimum Gasteiger partial charge on any atom is -0.507 e. The fourth-order valence-electron chi connectivity index (χ4n) is 1.39. The van der Waals surface area contributed by atoms with Gasteiger partial charge in [-0.25, -0.2) is 8.42 Å². The van der Waals surface area contributed by atoms with Crippen LogP contribution < -0.4 is 5.73 Å². The Kier molecular flexibility index (Phi) is 2.95. The number of hydrogen-bond donors (Lipinski definition) is 2. The Balaban J connectivity index is 2.35. The number of anilines is 1. The summed E-state index contributed by atoms with van der Waals surface area (Å²) >= 11 is 0. The van der Waals surface area contributed by atoms with E-state index in [4.69, 9.17) is 10.3 Å². The Morgan fingerprint density at radius 2 is 2.17 bits per heavy atom. The minimum atomic E-state index is -3.23. The van der Waals surface area contributed by atoms with Crippen LogP contribution in [0.5, 0.6) is 5.75 Å². The van der Waals surface area contributed by atoms with E-state index in [1.807, 2.05) is 0 Å². The number of hydrogen-bond acceptors (Lipinski definition) is 7. The molecule has 18 heavy (non-hydrogen) atoms. The Morgan fingerprint density at radius 3 is 2.78 bits per heavy atom. The van der Waals surface area contributed by atoms with Crippen molar-refractivity contribution in [3.05, 3.63) is 24.0 Å². The van der Waals surface area contributed by atoms with Crippen LogP contribution in [0.2, 0.25) is 0 Å². The summed E-state index contributed by atoms with van der Waals surface area (Å²) < 4.78 is 27.0. The van der Waals surface area contributed by atoms with Crippen LogP contribution in [0.15, 0.2) is 22.7 Å². The summed E-state index contributed by atoms with van der Waals surface area (Å²) in [6.45, 7) is 0. The van der Waals surface area contributed by atoms with Gasteiger partial charge in [0.1, 0.15) is 11.5 Å². The molecular formula is C10H11N3O4S. The summed E-state index contributed by atoms with van der Waals surface area (Å²) in [5.41, 5.74) is 6.19. The molecule has 96 valence electrons. The number of nitrogen functional groups attached to an aromatic ring is 1. The standard InChI is InChI=1S/C10H11N3O4S/c1-18(15,16)5-9-12-10(17-13-9)7-3-2-6(11)4-8(7)14/h2-4,14H,5,11H2,1H3. The van der Waals surface area contributed by atoms with E-state index in [0.29, 0.717) is 11.3 Å². The van der Waals surface area contributed by atoms with E-state index in [1.165, 1.54) is 12.1 Å². The molecule has 8 heteroatoms. The van der Waals surface area contributed by atoms with Crippen LogP contribution in [0.4, 0.5) is 5.69 Å². The van der Waals surface area contributed by atoms with E-state index in [9.17, 15) is 13.5 Å². The van der Waals surface area contributed by atoms with E-state index >= 15 is 0 Å². The minimum absolute atomic E-state index is 0.0451. The van der Waals surface area contributed by atoms with Crippen molar-refractivity contribution in [2.24, 2.45) is 0 Å². The number of rotatable bonds is 3. The zero-order valence-electron chi connectivity index (χ0n) is 9.49. The molecule has 0 aliphatic heterocycles. The van der Waals surface area contributed by atoms with Crippen LogP contribution in [-0.4, -0.2) is 29.9 Å². The van der Waals surface area contributed by atoms with Crippen LogP contribution >= 0.6 is 0 Å². The van der Waals surface area contributed by atoms with Gasteiger partial charge < -0.3 is 15.4 Å². The second-order valence-electron chi connectivity index (χ2n) is 3.86. The van der Waals surface area contributed by atoms with Crippen molar-refractivity contribution in [1.82, 2.24) is 10.1 Å². The fraction of sp³-hybridized carbons (Fsp3) is 0.200. The van der Waals surface area contributed by atoms with Crippen molar-refractivity contribution in [2.45, 2.75) is 5.75 Å². The van der Waals surface area contributed by atoms with Gasteiger partial charge in [-0.1, -0.05) is 5.16 Å². The number of phenolic OH excluding ortho intramolecular Hbond substituents is 1. The lowest BCUT2D eigenvalue weighted by atomic mass is 10.2. The molecule has 1 aromatic carbocycles. The highest BCUT2D eigenvalue weighted by molar-refractivity contribution is 7.89. The number of nitrogens with zero attached hydrogens (tertiary/aromatic N) is 2. The molecular weight excluding hydrogens is 258 g/mol. The molecule has 0 saturated carbocycles. The lowest BCUT2D eigenvalue weighted by Crippen LogP contribution is -2.02. The Bertz CT molecular complexity index is 678. The molecule has 7 nitrogen and oxygen atoms in total. The first-order chi connectivity index (χ1) is 8.35. The molecule has 0 unspecified atom stereocenters. The predicted octanol–water partition coefficient (Wildman–Crippen LogP) is 0.569. The molecule has 0 aliphatic rings. The number of nitrogens with two attached hydrogens (primary N) is 1. The monoisotopic (exact) mass is 269 g/mol. The molecule has 0 bridgehead atoms. The number of phenols is 1. The molecule has 0 aliphatic carbocycles. The van der Waals surface area contributed by atoms with E-state index in [2.05, 4.69) is 10.1 Å². The summed E-state index contributed by atoms with van der Waals surface area (Å²) in [6.07, 6.45) is 1.07. The van der Waals surface area contributed by atoms with Gasteiger partial charge in [-0.15, -0.1) is 0 Å². The largest absolute Gasteiger partial charge is 0.507 e. The lowest BCUT2D eigenvalue weighted by Gasteiger charge is -1.99.